The number of aromatic nitrogens is 2. The Morgan fingerprint density at radius 1 is 1.57 bits per heavy atom. The number of aldehydes is 1. The second kappa shape index (κ2) is 4.15. The van der Waals surface area contributed by atoms with E-state index in [0.29, 0.717) is 12.8 Å². The second-order valence-corrected chi connectivity index (χ2v) is 3.62. The Balaban J connectivity index is 2.14. The average Bonchev–Trinajstić information content (AvgIpc) is 2.85. The summed E-state index contributed by atoms with van der Waals surface area (Å²) in [7, 11) is 0. The van der Waals surface area contributed by atoms with Crippen LogP contribution in [0.3, 0.4) is 0 Å². The lowest BCUT2D eigenvalue weighted by atomic mass is 10.2. The van der Waals surface area contributed by atoms with Gasteiger partial charge in [-0.3, -0.25) is 0 Å². The molecule has 0 radical (unpaired) electrons. The Labute approximate surface area is 84.6 Å². The molecular formula is C9H8N2O2S. The molecule has 0 N–H and O–H groups in total. The van der Waals surface area contributed by atoms with Crippen molar-refractivity contribution in [3.05, 3.63) is 23.4 Å². The first-order chi connectivity index (χ1) is 6.90. The first kappa shape index (κ1) is 9.08. The molecule has 0 bridgehead atoms. The van der Waals surface area contributed by atoms with Crippen LogP contribution < -0.4 is 0 Å². The van der Waals surface area contributed by atoms with Crippen LogP contribution in [0.4, 0.5) is 0 Å². The number of hydrogen-bond acceptors (Lipinski definition) is 5. The van der Waals surface area contributed by atoms with E-state index in [1.165, 1.54) is 11.3 Å². The molecule has 2 rings (SSSR count). The van der Waals surface area contributed by atoms with Crippen molar-refractivity contribution in [3.63, 3.8) is 0 Å². The van der Waals surface area contributed by atoms with Crippen molar-refractivity contribution in [2.75, 3.05) is 0 Å². The number of thiazole rings is 1. The van der Waals surface area contributed by atoms with Crippen molar-refractivity contribution in [1.29, 1.82) is 0 Å². The van der Waals surface area contributed by atoms with E-state index in [4.69, 9.17) is 4.52 Å². The van der Waals surface area contributed by atoms with Crippen LogP contribution in [-0.2, 0) is 11.2 Å². The minimum atomic E-state index is 0.465. The molecule has 0 aliphatic carbocycles. The van der Waals surface area contributed by atoms with Gasteiger partial charge >= 0.3 is 0 Å². The molecule has 2 aromatic rings. The summed E-state index contributed by atoms with van der Waals surface area (Å²) in [6.07, 6.45) is 3.65. The summed E-state index contributed by atoms with van der Waals surface area (Å²) in [4.78, 5) is 14.2. The quantitative estimate of drug-likeness (QED) is 0.720. The lowest BCUT2D eigenvalue weighted by Crippen LogP contribution is -1.81. The van der Waals surface area contributed by atoms with Crippen molar-refractivity contribution in [1.82, 2.24) is 10.1 Å². The van der Waals surface area contributed by atoms with Crippen molar-refractivity contribution in [2.24, 2.45) is 0 Å². The lowest BCUT2D eigenvalue weighted by molar-refractivity contribution is -0.107. The third-order valence-electron chi connectivity index (χ3n) is 1.72. The van der Waals surface area contributed by atoms with E-state index in [0.717, 1.165) is 22.7 Å². The van der Waals surface area contributed by atoms with Crippen LogP contribution >= 0.6 is 11.3 Å². The molecule has 0 unspecified atom stereocenters. The minimum Gasteiger partial charge on any atom is -0.361 e. The molecule has 0 spiro atoms. The summed E-state index contributed by atoms with van der Waals surface area (Å²) < 4.78 is 5.05. The van der Waals surface area contributed by atoms with Crippen LogP contribution in [0.25, 0.3) is 10.7 Å². The van der Waals surface area contributed by atoms with Crippen molar-refractivity contribution in [2.45, 2.75) is 12.8 Å². The van der Waals surface area contributed by atoms with Crippen LogP contribution in [0.15, 0.2) is 22.2 Å². The summed E-state index contributed by atoms with van der Waals surface area (Å²) >= 11 is 1.51. The van der Waals surface area contributed by atoms with Gasteiger partial charge in [0.1, 0.15) is 22.7 Å². The van der Waals surface area contributed by atoms with Gasteiger partial charge < -0.3 is 9.32 Å². The van der Waals surface area contributed by atoms with Gasteiger partial charge in [-0.1, -0.05) is 5.16 Å². The summed E-state index contributed by atoms with van der Waals surface area (Å²) in [5, 5.41) is 6.59. The third kappa shape index (κ3) is 1.88. The molecule has 2 aromatic heterocycles. The van der Waals surface area contributed by atoms with E-state index in [9.17, 15) is 4.79 Å². The van der Waals surface area contributed by atoms with E-state index >= 15 is 0 Å². The normalized spacial score (nSPS) is 10.3. The standard InChI is InChI=1S/C9H8N2O2S/c12-4-1-2-7-6-8(11-13-7)9-10-3-5-14-9/h3-6H,1-2H2. The fourth-order valence-electron chi connectivity index (χ4n) is 1.08. The highest BCUT2D eigenvalue weighted by Gasteiger charge is 2.07. The molecule has 14 heavy (non-hydrogen) atoms. The largest absolute Gasteiger partial charge is 0.361 e. The summed E-state index contributed by atoms with van der Waals surface area (Å²) in [5.74, 6) is 0.724. The maximum absolute atomic E-state index is 10.1. The molecule has 0 atom stereocenters. The van der Waals surface area contributed by atoms with Gasteiger partial charge in [0.15, 0.2) is 0 Å². The number of carbonyl (C=O) groups is 1. The van der Waals surface area contributed by atoms with Crippen LogP contribution in [0, 0.1) is 0 Å². The van der Waals surface area contributed by atoms with Crippen molar-refractivity contribution < 1.29 is 9.32 Å². The zero-order valence-corrected chi connectivity index (χ0v) is 8.16. The Bertz CT molecular complexity index is 408. The van der Waals surface area contributed by atoms with Gasteiger partial charge in [0.2, 0.25) is 0 Å². The van der Waals surface area contributed by atoms with Gasteiger partial charge in [0.25, 0.3) is 0 Å². The van der Waals surface area contributed by atoms with E-state index < -0.39 is 0 Å². The first-order valence-electron chi connectivity index (χ1n) is 4.19. The highest BCUT2D eigenvalue weighted by molar-refractivity contribution is 7.13. The molecule has 72 valence electrons. The highest BCUT2D eigenvalue weighted by atomic mass is 32.1. The lowest BCUT2D eigenvalue weighted by Gasteiger charge is -1.84. The predicted molar refractivity (Wildman–Crippen MR) is 52.0 cm³/mol. The fourth-order valence-corrected chi connectivity index (χ4v) is 1.67. The Morgan fingerprint density at radius 3 is 3.21 bits per heavy atom. The van der Waals surface area contributed by atoms with E-state index in [1.807, 2.05) is 11.4 Å². The van der Waals surface area contributed by atoms with Gasteiger partial charge in [0, 0.05) is 30.5 Å². The zero-order valence-electron chi connectivity index (χ0n) is 7.34. The van der Waals surface area contributed by atoms with E-state index in [1.54, 1.807) is 6.20 Å². The number of aryl methyl sites for hydroxylation is 1. The van der Waals surface area contributed by atoms with Crippen molar-refractivity contribution >= 4 is 17.6 Å². The summed E-state index contributed by atoms with van der Waals surface area (Å²) in [6, 6.07) is 1.82. The van der Waals surface area contributed by atoms with Crippen molar-refractivity contribution in [3.8, 4) is 10.7 Å². The molecule has 0 aromatic carbocycles. The predicted octanol–water partition coefficient (Wildman–Crippen LogP) is 1.93. The molecule has 0 saturated carbocycles. The van der Waals surface area contributed by atoms with Crippen LogP contribution in [0.1, 0.15) is 12.2 Å². The molecule has 0 fully saturated rings. The number of hydrogen-bond donors (Lipinski definition) is 0. The zero-order chi connectivity index (χ0) is 9.80. The SMILES string of the molecule is O=CCCc1cc(-c2nccs2)no1. The minimum absolute atomic E-state index is 0.465. The van der Waals surface area contributed by atoms with Gasteiger partial charge in [-0.05, 0) is 0 Å². The van der Waals surface area contributed by atoms with Crippen LogP contribution in [-0.4, -0.2) is 16.4 Å². The monoisotopic (exact) mass is 208 g/mol. The topological polar surface area (TPSA) is 56.0 Å². The van der Waals surface area contributed by atoms with Gasteiger partial charge in [0.05, 0.1) is 0 Å². The maximum atomic E-state index is 10.1. The van der Waals surface area contributed by atoms with Crippen LogP contribution in [0.5, 0.6) is 0 Å². The average molecular weight is 208 g/mol. The molecule has 0 aliphatic rings. The Morgan fingerprint density at radius 2 is 2.50 bits per heavy atom. The second-order valence-electron chi connectivity index (χ2n) is 2.72. The summed E-state index contributed by atoms with van der Waals surface area (Å²) in [6.45, 7) is 0. The highest BCUT2D eigenvalue weighted by Crippen LogP contribution is 2.21. The number of nitrogens with zero attached hydrogens (tertiary/aromatic N) is 2. The molecule has 0 saturated heterocycles. The molecule has 0 aliphatic heterocycles. The van der Waals surface area contributed by atoms with Gasteiger partial charge in [-0.25, -0.2) is 4.98 Å². The molecule has 0 amide bonds. The molecular weight excluding hydrogens is 200 g/mol. The Hall–Kier alpha value is -1.49. The summed E-state index contributed by atoms with van der Waals surface area (Å²) in [5.41, 5.74) is 0.737. The molecule has 4 nitrogen and oxygen atoms in total. The van der Waals surface area contributed by atoms with Gasteiger partial charge in [-0.15, -0.1) is 11.3 Å². The first-order valence-corrected chi connectivity index (χ1v) is 5.07. The van der Waals surface area contributed by atoms with E-state index in [-0.39, 0.29) is 0 Å². The number of carbonyl (C=O) groups excluding carboxylic acids is 1. The van der Waals surface area contributed by atoms with Crippen LogP contribution in [0.2, 0.25) is 0 Å². The third-order valence-corrected chi connectivity index (χ3v) is 2.51. The fraction of sp³-hybridized carbons (Fsp3) is 0.222. The smallest absolute Gasteiger partial charge is 0.145 e. The molecule has 5 heteroatoms. The molecule has 2 heterocycles. The number of rotatable bonds is 4. The van der Waals surface area contributed by atoms with Gasteiger partial charge in [-0.2, -0.15) is 0 Å². The Kier molecular flexibility index (Phi) is 2.69. The maximum Gasteiger partial charge on any atom is 0.145 e. The van der Waals surface area contributed by atoms with E-state index in [2.05, 4.69) is 10.1 Å².